The molecule has 0 aliphatic carbocycles. The van der Waals surface area contributed by atoms with Crippen molar-refractivity contribution in [3.63, 3.8) is 0 Å². The molecule has 7 heteroatoms. The first-order chi connectivity index (χ1) is 12.2. The summed E-state index contributed by atoms with van der Waals surface area (Å²) in [4.78, 5) is 11.4. The third-order valence-corrected chi connectivity index (χ3v) is 4.63. The second-order valence-corrected chi connectivity index (χ2v) is 6.97. The van der Waals surface area contributed by atoms with E-state index in [0.29, 0.717) is 0 Å². The molecule has 0 saturated carbocycles. The molecule has 1 aromatic heterocycles. The number of aliphatic imine (C=N–C) groups is 1. The first-order valence-corrected chi connectivity index (χ1v) is 9.76. The lowest BCUT2D eigenvalue weighted by molar-refractivity contribution is 0.761. The average molecular weight is 487 g/mol. The van der Waals surface area contributed by atoms with Crippen LogP contribution in [0.5, 0.6) is 0 Å². The molecule has 2 rings (SSSR count). The van der Waals surface area contributed by atoms with E-state index in [1.165, 1.54) is 5.69 Å². The molecule has 0 aliphatic rings. The number of nitrogens with zero attached hydrogens (tertiary/aromatic N) is 3. The number of para-hydroxylation sites is 1. The number of halogens is 1. The Morgan fingerprint density at radius 3 is 2.65 bits per heavy atom. The van der Waals surface area contributed by atoms with E-state index in [1.54, 1.807) is 11.3 Å². The Bertz CT molecular complexity index is 644. The molecule has 0 spiro atoms. The number of hydrogen-bond acceptors (Lipinski definition) is 4. The van der Waals surface area contributed by atoms with Gasteiger partial charge in [0.2, 0.25) is 0 Å². The highest BCUT2D eigenvalue weighted by Gasteiger charge is 2.02. The van der Waals surface area contributed by atoms with Gasteiger partial charge in [-0.3, -0.25) is 4.99 Å². The van der Waals surface area contributed by atoms with Gasteiger partial charge in [0, 0.05) is 50.7 Å². The molecular formula is C19H30IN5S. The van der Waals surface area contributed by atoms with Crippen molar-refractivity contribution in [2.45, 2.75) is 26.7 Å². The van der Waals surface area contributed by atoms with E-state index < -0.39 is 0 Å². The highest BCUT2D eigenvalue weighted by atomic mass is 127. The van der Waals surface area contributed by atoms with Crippen LogP contribution in [0.4, 0.5) is 5.69 Å². The second-order valence-electron chi connectivity index (χ2n) is 5.91. The number of benzene rings is 1. The number of anilines is 1. The Labute approximate surface area is 178 Å². The van der Waals surface area contributed by atoms with Crippen LogP contribution in [-0.2, 0) is 6.42 Å². The minimum absolute atomic E-state index is 0. The summed E-state index contributed by atoms with van der Waals surface area (Å²) in [5, 5.41) is 9.94. The van der Waals surface area contributed by atoms with Crippen LogP contribution in [0.15, 0.2) is 40.7 Å². The van der Waals surface area contributed by atoms with Gasteiger partial charge in [-0.15, -0.1) is 35.3 Å². The Kier molecular flexibility index (Phi) is 11.3. The molecule has 0 aliphatic heterocycles. The zero-order valence-electron chi connectivity index (χ0n) is 15.9. The van der Waals surface area contributed by atoms with Crippen molar-refractivity contribution in [3.8, 4) is 0 Å². The zero-order chi connectivity index (χ0) is 17.9. The molecule has 1 heterocycles. The van der Waals surface area contributed by atoms with Gasteiger partial charge < -0.3 is 15.5 Å². The van der Waals surface area contributed by atoms with Crippen LogP contribution >= 0.6 is 35.3 Å². The molecule has 0 fully saturated rings. The maximum absolute atomic E-state index is 4.67. The van der Waals surface area contributed by atoms with Gasteiger partial charge in [0.1, 0.15) is 0 Å². The van der Waals surface area contributed by atoms with Gasteiger partial charge >= 0.3 is 0 Å². The first-order valence-electron chi connectivity index (χ1n) is 8.88. The molecular weight excluding hydrogens is 457 g/mol. The molecule has 2 aromatic rings. The monoisotopic (exact) mass is 487 g/mol. The Morgan fingerprint density at radius 2 is 2.00 bits per heavy atom. The lowest BCUT2D eigenvalue weighted by Gasteiger charge is -2.18. The maximum atomic E-state index is 4.67. The smallest absolute Gasteiger partial charge is 0.191 e. The zero-order valence-corrected chi connectivity index (χ0v) is 19.0. The fraction of sp³-hybridized carbons (Fsp3) is 0.474. The fourth-order valence-electron chi connectivity index (χ4n) is 2.48. The van der Waals surface area contributed by atoms with Crippen molar-refractivity contribution in [1.82, 2.24) is 15.6 Å². The van der Waals surface area contributed by atoms with Crippen molar-refractivity contribution < 1.29 is 0 Å². The number of guanidine groups is 1. The standard InChI is InChI=1S/C19H29N5S.HI/c1-4-20-19(22-13-11-17-15-25-16(2)23-17)21-12-8-14-24(3)18-9-6-5-7-10-18;/h5-7,9-10,15H,4,8,11-14H2,1-3H3,(H2,20,21,22);1H. The van der Waals surface area contributed by atoms with Gasteiger partial charge in [-0.2, -0.15) is 0 Å². The third kappa shape index (κ3) is 8.35. The largest absolute Gasteiger partial charge is 0.375 e. The SMILES string of the molecule is CCNC(=NCCCN(C)c1ccccc1)NCCc1csc(C)n1.I. The summed E-state index contributed by atoms with van der Waals surface area (Å²) in [6, 6.07) is 10.5. The highest BCUT2D eigenvalue weighted by molar-refractivity contribution is 14.0. The van der Waals surface area contributed by atoms with Crippen molar-refractivity contribution in [2.24, 2.45) is 4.99 Å². The molecule has 5 nitrogen and oxygen atoms in total. The van der Waals surface area contributed by atoms with Crippen LogP contribution in [0.2, 0.25) is 0 Å². The number of rotatable bonds is 9. The van der Waals surface area contributed by atoms with E-state index in [4.69, 9.17) is 0 Å². The van der Waals surface area contributed by atoms with Crippen LogP contribution in [0.25, 0.3) is 0 Å². The summed E-state index contributed by atoms with van der Waals surface area (Å²) in [5.74, 6) is 0.886. The van der Waals surface area contributed by atoms with Crippen LogP contribution in [0.3, 0.4) is 0 Å². The highest BCUT2D eigenvalue weighted by Crippen LogP contribution is 2.11. The number of hydrogen-bond donors (Lipinski definition) is 2. The van der Waals surface area contributed by atoms with Crippen molar-refractivity contribution in [1.29, 1.82) is 0 Å². The first kappa shape index (κ1) is 22.7. The average Bonchev–Trinajstić information content (AvgIpc) is 3.04. The molecule has 0 radical (unpaired) electrons. The van der Waals surface area contributed by atoms with Crippen molar-refractivity contribution in [3.05, 3.63) is 46.4 Å². The summed E-state index contributed by atoms with van der Waals surface area (Å²) in [6.07, 6.45) is 1.94. The third-order valence-electron chi connectivity index (χ3n) is 3.80. The summed E-state index contributed by atoms with van der Waals surface area (Å²) >= 11 is 1.70. The fourth-order valence-corrected chi connectivity index (χ4v) is 3.13. The number of aromatic nitrogens is 1. The summed E-state index contributed by atoms with van der Waals surface area (Å²) in [6.45, 7) is 7.64. The molecule has 0 bridgehead atoms. The van der Waals surface area contributed by atoms with Gasteiger partial charge in [-0.05, 0) is 32.4 Å². The maximum Gasteiger partial charge on any atom is 0.191 e. The lowest BCUT2D eigenvalue weighted by Crippen LogP contribution is -2.38. The van der Waals surface area contributed by atoms with Gasteiger partial charge in [0.25, 0.3) is 0 Å². The van der Waals surface area contributed by atoms with Crippen molar-refractivity contribution >= 4 is 47.0 Å². The minimum atomic E-state index is 0. The Morgan fingerprint density at radius 1 is 1.23 bits per heavy atom. The summed E-state index contributed by atoms with van der Waals surface area (Å²) in [7, 11) is 2.12. The normalized spacial score (nSPS) is 11.0. The van der Waals surface area contributed by atoms with E-state index >= 15 is 0 Å². The molecule has 2 N–H and O–H groups in total. The second kappa shape index (κ2) is 12.9. The van der Waals surface area contributed by atoms with E-state index in [1.807, 2.05) is 13.0 Å². The van der Waals surface area contributed by atoms with E-state index in [2.05, 4.69) is 69.1 Å². The summed E-state index contributed by atoms with van der Waals surface area (Å²) < 4.78 is 0. The predicted molar refractivity (Wildman–Crippen MR) is 124 cm³/mol. The Hall–Kier alpha value is -1.35. The van der Waals surface area contributed by atoms with Gasteiger partial charge in [0.15, 0.2) is 5.96 Å². The van der Waals surface area contributed by atoms with Gasteiger partial charge in [0.05, 0.1) is 10.7 Å². The number of aryl methyl sites for hydroxylation is 1. The number of nitrogens with one attached hydrogen (secondary N) is 2. The molecule has 144 valence electrons. The van der Waals surface area contributed by atoms with Gasteiger partial charge in [-0.25, -0.2) is 4.98 Å². The van der Waals surface area contributed by atoms with Crippen molar-refractivity contribution in [2.75, 3.05) is 38.1 Å². The molecule has 1 aromatic carbocycles. The van der Waals surface area contributed by atoms with E-state index in [9.17, 15) is 0 Å². The number of thiazole rings is 1. The van der Waals surface area contributed by atoms with Crippen LogP contribution < -0.4 is 15.5 Å². The van der Waals surface area contributed by atoms with Gasteiger partial charge in [-0.1, -0.05) is 18.2 Å². The quantitative estimate of drug-likeness (QED) is 0.245. The topological polar surface area (TPSA) is 52.6 Å². The minimum Gasteiger partial charge on any atom is -0.375 e. The lowest BCUT2D eigenvalue weighted by atomic mass is 10.3. The predicted octanol–water partition coefficient (Wildman–Crippen LogP) is 3.69. The van der Waals surface area contributed by atoms with E-state index in [0.717, 1.165) is 55.7 Å². The molecule has 26 heavy (non-hydrogen) atoms. The summed E-state index contributed by atoms with van der Waals surface area (Å²) in [5.41, 5.74) is 2.39. The molecule has 0 atom stereocenters. The Balaban J connectivity index is 0.00000338. The van der Waals surface area contributed by atoms with Crippen LogP contribution in [0, 0.1) is 6.92 Å². The van der Waals surface area contributed by atoms with Crippen LogP contribution in [-0.4, -0.2) is 44.2 Å². The molecule has 0 amide bonds. The van der Waals surface area contributed by atoms with E-state index in [-0.39, 0.29) is 24.0 Å². The molecule has 0 saturated heterocycles. The molecule has 0 unspecified atom stereocenters. The van der Waals surface area contributed by atoms with Crippen LogP contribution in [0.1, 0.15) is 24.0 Å².